The summed E-state index contributed by atoms with van der Waals surface area (Å²) < 4.78 is 5.43. The van der Waals surface area contributed by atoms with Gasteiger partial charge in [-0.3, -0.25) is 0 Å². The third-order valence-electron chi connectivity index (χ3n) is 2.35. The third-order valence-corrected chi connectivity index (χ3v) is 2.35. The molecule has 3 nitrogen and oxygen atoms in total. The molecule has 0 aliphatic rings. The van der Waals surface area contributed by atoms with Gasteiger partial charge in [-0.2, -0.15) is 0 Å². The zero-order chi connectivity index (χ0) is 11.4. The molecule has 0 saturated carbocycles. The van der Waals surface area contributed by atoms with E-state index in [2.05, 4.69) is 24.1 Å². The number of benzene rings is 1. The van der Waals surface area contributed by atoms with Crippen LogP contribution < -0.4 is 5.32 Å². The Morgan fingerprint density at radius 3 is 2.69 bits per heavy atom. The summed E-state index contributed by atoms with van der Waals surface area (Å²) in [5, 5.41) is 3.34. The van der Waals surface area contributed by atoms with Crippen LogP contribution in [-0.2, 0) is 6.54 Å². The number of hydrogen-bond acceptors (Lipinski definition) is 3. The second kappa shape index (κ2) is 4.94. The minimum Gasteiger partial charge on any atom is -0.443 e. The van der Waals surface area contributed by atoms with E-state index in [-0.39, 0.29) is 0 Å². The molecule has 3 heteroatoms. The Labute approximate surface area is 95.5 Å². The molecular formula is C13H16N2O. The van der Waals surface area contributed by atoms with Crippen molar-refractivity contribution in [2.45, 2.75) is 26.4 Å². The van der Waals surface area contributed by atoms with Gasteiger partial charge in [0.15, 0.2) is 12.2 Å². The largest absolute Gasteiger partial charge is 0.443 e. The Bertz CT molecular complexity index is 434. The molecule has 0 bridgehead atoms. The highest BCUT2D eigenvalue weighted by atomic mass is 16.3. The highest BCUT2D eigenvalue weighted by molar-refractivity contribution is 5.59. The lowest BCUT2D eigenvalue weighted by Crippen LogP contribution is -2.22. The van der Waals surface area contributed by atoms with Gasteiger partial charge in [0.05, 0.1) is 0 Å². The van der Waals surface area contributed by atoms with Crippen molar-refractivity contribution >= 4 is 0 Å². The standard InChI is InChI=1S/C13H16N2O/c1-10(2)14-8-12-13(16-9-15-12)11-6-4-3-5-7-11/h3-7,9-10,14H,8H2,1-2H3. The average molecular weight is 216 g/mol. The van der Waals surface area contributed by atoms with Crippen LogP contribution in [0.1, 0.15) is 19.5 Å². The van der Waals surface area contributed by atoms with Crippen LogP contribution in [0.3, 0.4) is 0 Å². The monoisotopic (exact) mass is 216 g/mol. The Morgan fingerprint density at radius 1 is 1.25 bits per heavy atom. The summed E-state index contributed by atoms with van der Waals surface area (Å²) in [7, 11) is 0. The first-order valence-corrected chi connectivity index (χ1v) is 5.48. The summed E-state index contributed by atoms with van der Waals surface area (Å²) >= 11 is 0. The van der Waals surface area contributed by atoms with Gasteiger partial charge in [0.1, 0.15) is 5.69 Å². The van der Waals surface area contributed by atoms with Crippen LogP contribution in [0.4, 0.5) is 0 Å². The minimum atomic E-state index is 0.445. The van der Waals surface area contributed by atoms with Crippen molar-refractivity contribution in [3.8, 4) is 11.3 Å². The summed E-state index contributed by atoms with van der Waals surface area (Å²) in [5.41, 5.74) is 2.03. The number of oxazole rings is 1. The summed E-state index contributed by atoms with van der Waals surface area (Å²) in [6.45, 7) is 4.96. The normalized spacial score (nSPS) is 10.9. The molecule has 2 aromatic rings. The zero-order valence-corrected chi connectivity index (χ0v) is 9.60. The first-order chi connectivity index (χ1) is 7.77. The van der Waals surface area contributed by atoms with Crippen molar-refractivity contribution < 1.29 is 4.42 Å². The van der Waals surface area contributed by atoms with Crippen LogP contribution in [0, 0.1) is 0 Å². The Kier molecular flexibility index (Phi) is 3.37. The van der Waals surface area contributed by atoms with Crippen molar-refractivity contribution in [3.05, 3.63) is 42.4 Å². The van der Waals surface area contributed by atoms with Crippen molar-refractivity contribution in [1.82, 2.24) is 10.3 Å². The number of rotatable bonds is 4. The highest BCUT2D eigenvalue weighted by Crippen LogP contribution is 2.22. The average Bonchev–Trinajstić information content (AvgIpc) is 2.75. The van der Waals surface area contributed by atoms with Gasteiger partial charge < -0.3 is 9.73 Å². The molecule has 1 aromatic carbocycles. The van der Waals surface area contributed by atoms with Gasteiger partial charge in [0, 0.05) is 18.2 Å². The molecule has 0 unspecified atom stereocenters. The second-order valence-corrected chi connectivity index (χ2v) is 4.03. The smallest absolute Gasteiger partial charge is 0.181 e. The van der Waals surface area contributed by atoms with Crippen LogP contribution in [0.25, 0.3) is 11.3 Å². The molecule has 1 N–H and O–H groups in total. The zero-order valence-electron chi connectivity index (χ0n) is 9.60. The molecule has 84 valence electrons. The fourth-order valence-electron chi connectivity index (χ4n) is 1.52. The van der Waals surface area contributed by atoms with E-state index in [1.165, 1.54) is 6.39 Å². The van der Waals surface area contributed by atoms with Crippen LogP contribution in [0.2, 0.25) is 0 Å². The molecule has 2 rings (SSSR count). The van der Waals surface area contributed by atoms with E-state index in [9.17, 15) is 0 Å². The second-order valence-electron chi connectivity index (χ2n) is 4.03. The molecule has 0 radical (unpaired) electrons. The Balaban J connectivity index is 2.19. The van der Waals surface area contributed by atoms with Gasteiger partial charge in [0.2, 0.25) is 0 Å². The molecule has 0 amide bonds. The van der Waals surface area contributed by atoms with E-state index in [1.54, 1.807) is 0 Å². The lowest BCUT2D eigenvalue weighted by molar-refractivity contribution is 0.563. The van der Waals surface area contributed by atoms with Crippen LogP contribution in [-0.4, -0.2) is 11.0 Å². The third kappa shape index (κ3) is 2.49. The summed E-state index contributed by atoms with van der Waals surface area (Å²) in [6, 6.07) is 10.5. The molecular weight excluding hydrogens is 200 g/mol. The fourth-order valence-corrected chi connectivity index (χ4v) is 1.52. The van der Waals surface area contributed by atoms with Crippen molar-refractivity contribution in [1.29, 1.82) is 0 Å². The van der Waals surface area contributed by atoms with Crippen LogP contribution in [0.5, 0.6) is 0 Å². The first kappa shape index (κ1) is 10.9. The number of hydrogen-bond donors (Lipinski definition) is 1. The fraction of sp³-hybridized carbons (Fsp3) is 0.308. The maximum Gasteiger partial charge on any atom is 0.181 e. The molecule has 0 aliphatic heterocycles. The summed E-state index contributed by atoms with van der Waals surface area (Å²) in [4.78, 5) is 4.24. The van der Waals surface area contributed by atoms with Crippen LogP contribution in [0.15, 0.2) is 41.1 Å². The van der Waals surface area contributed by atoms with Gasteiger partial charge in [-0.15, -0.1) is 0 Å². The van der Waals surface area contributed by atoms with Crippen molar-refractivity contribution in [2.24, 2.45) is 0 Å². The molecule has 16 heavy (non-hydrogen) atoms. The predicted octanol–water partition coefficient (Wildman–Crippen LogP) is 2.84. The molecule has 0 fully saturated rings. The lowest BCUT2D eigenvalue weighted by Gasteiger charge is -2.06. The van der Waals surface area contributed by atoms with E-state index in [0.29, 0.717) is 6.04 Å². The molecule has 0 aliphatic carbocycles. The predicted molar refractivity (Wildman–Crippen MR) is 63.9 cm³/mol. The van der Waals surface area contributed by atoms with Gasteiger partial charge in [-0.25, -0.2) is 4.98 Å². The maximum absolute atomic E-state index is 5.43. The van der Waals surface area contributed by atoms with Crippen molar-refractivity contribution in [3.63, 3.8) is 0 Å². The van der Waals surface area contributed by atoms with Crippen LogP contribution >= 0.6 is 0 Å². The summed E-state index contributed by atoms with van der Waals surface area (Å²) in [6.07, 6.45) is 1.50. The van der Waals surface area contributed by atoms with E-state index in [4.69, 9.17) is 4.42 Å². The quantitative estimate of drug-likeness (QED) is 0.854. The van der Waals surface area contributed by atoms with Crippen molar-refractivity contribution in [2.75, 3.05) is 0 Å². The number of nitrogens with zero attached hydrogens (tertiary/aromatic N) is 1. The van der Waals surface area contributed by atoms with E-state index in [0.717, 1.165) is 23.6 Å². The van der Waals surface area contributed by atoms with E-state index in [1.807, 2.05) is 30.3 Å². The lowest BCUT2D eigenvalue weighted by atomic mass is 10.1. The van der Waals surface area contributed by atoms with Gasteiger partial charge in [0.25, 0.3) is 0 Å². The number of nitrogens with one attached hydrogen (secondary N) is 1. The van der Waals surface area contributed by atoms with E-state index >= 15 is 0 Å². The minimum absolute atomic E-state index is 0.445. The highest BCUT2D eigenvalue weighted by Gasteiger charge is 2.09. The Morgan fingerprint density at radius 2 is 2.00 bits per heavy atom. The van der Waals surface area contributed by atoms with Gasteiger partial charge in [-0.05, 0) is 0 Å². The maximum atomic E-state index is 5.43. The van der Waals surface area contributed by atoms with E-state index < -0.39 is 0 Å². The molecule has 0 spiro atoms. The van der Waals surface area contributed by atoms with Gasteiger partial charge >= 0.3 is 0 Å². The topological polar surface area (TPSA) is 38.1 Å². The first-order valence-electron chi connectivity index (χ1n) is 5.48. The molecule has 1 heterocycles. The SMILES string of the molecule is CC(C)NCc1ncoc1-c1ccccc1. The molecule has 1 aromatic heterocycles. The number of aromatic nitrogens is 1. The van der Waals surface area contributed by atoms with Gasteiger partial charge in [-0.1, -0.05) is 44.2 Å². The Hall–Kier alpha value is -1.61. The molecule has 0 atom stereocenters. The molecule has 0 saturated heterocycles. The summed E-state index contributed by atoms with van der Waals surface area (Å²) in [5.74, 6) is 0.855.